The van der Waals surface area contributed by atoms with E-state index in [9.17, 15) is 9.59 Å². The molecule has 0 saturated carbocycles. The zero-order chi connectivity index (χ0) is 15.1. The van der Waals surface area contributed by atoms with Gasteiger partial charge >= 0.3 is 0 Å². The third-order valence-corrected chi connectivity index (χ3v) is 3.11. The molecule has 2 N–H and O–H groups in total. The Bertz CT molecular complexity index is 635. The second-order valence-corrected chi connectivity index (χ2v) is 4.95. The fourth-order valence-corrected chi connectivity index (χ4v) is 2.05. The molecule has 0 aliphatic heterocycles. The maximum atomic E-state index is 11.6. The summed E-state index contributed by atoms with van der Waals surface area (Å²) in [5, 5.41) is 14.8. The average Bonchev–Trinajstić information content (AvgIpc) is 3.11. The van der Waals surface area contributed by atoms with Gasteiger partial charge in [0, 0.05) is 6.42 Å². The Balaban J connectivity index is 1.81. The number of rotatable bonds is 6. The summed E-state index contributed by atoms with van der Waals surface area (Å²) in [6, 6.07) is 3.43. The van der Waals surface area contributed by atoms with Crippen LogP contribution in [0.1, 0.15) is 24.1 Å². The van der Waals surface area contributed by atoms with Crippen LogP contribution in [-0.4, -0.2) is 28.2 Å². The first-order valence-corrected chi connectivity index (χ1v) is 6.96. The van der Waals surface area contributed by atoms with Gasteiger partial charge in [0.1, 0.15) is 10.8 Å². The molecule has 0 saturated heterocycles. The van der Waals surface area contributed by atoms with E-state index in [0.29, 0.717) is 22.3 Å². The van der Waals surface area contributed by atoms with Gasteiger partial charge in [0.05, 0.1) is 18.9 Å². The molecular formula is C12H13N5O3S. The van der Waals surface area contributed by atoms with E-state index in [-0.39, 0.29) is 18.2 Å². The first kappa shape index (κ1) is 14.9. The summed E-state index contributed by atoms with van der Waals surface area (Å²) in [4.78, 5) is 22.8. The standard InChI is InChI=1S/C12H13N5O3S/c1-2-9(18)14-12-17-16-11(21-12)6-10(19)15-13-7-8-4-3-5-20-8/h3-5,7H,2,6H2,1H3,(H,15,19)(H,14,17,18)/b13-7-. The van der Waals surface area contributed by atoms with Crippen LogP contribution in [-0.2, 0) is 16.0 Å². The number of furan rings is 1. The molecule has 0 fully saturated rings. The third-order valence-electron chi connectivity index (χ3n) is 2.27. The van der Waals surface area contributed by atoms with E-state index in [1.807, 2.05) is 0 Å². The van der Waals surface area contributed by atoms with Crippen LogP contribution in [0, 0.1) is 0 Å². The quantitative estimate of drug-likeness (QED) is 0.615. The smallest absolute Gasteiger partial charge is 0.247 e. The van der Waals surface area contributed by atoms with Crippen molar-refractivity contribution in [2.75, 3.05) is 5.32 Å². The number of aromatic nitrogens is 2. The van der Waals surface area contributed by atoms with E-state index < -0.39 is 0 Å². The van der Waals surface area contributed by atoms with Crippen LogP contribution >= 0.6 is 11.3 Å². The van der Waals surface area contributed by atoms with Crippen LogP contribution in [0.2, 0.25) is 0 Å². The largest absolute Gasteiger partial charge is 0.463 e. The zero-order valence-corrected chi connectivity index (χ0v) is 12.0. The molecule has 0 aliphatic carbocycles. The first-order chi connectivity index (χ1) is 10.2. The lowest BCUT2D eigenvalue weighted by atomic mass is 10.4. The number of carbonyl (C=O) groups excluding carboxylic acids is 2. The van der Waals surface area contributed by atoms with Crippen LogP contribution in [0.4, 0.5) is 5.13 Å². The Hall–Kier alpha value is -2.55. The normalized spacial score (nSPS) is 10.7. The highest BCUT2D eigenvalue weighted by molar-refractivity contribution is 7.15. The molecule has 9 heteroatoms. The Morgan fingerprint density at radius 2 is 2.29 bits per heavy atom. The van der Waals surface area contributed by atoms with Crippen LogP contribution < -0.4 is 10.7 Å². The van der Waals surface area contributed by atoms with Gasteiger partial charge in [-0.15, -0.1) is 10.2 Å². The number of anilines is 1. The monoisotopic (exact) mass is 307 g/mol. The summed E-state index contributed by atoms with van der Waals surface area (Å²) < 4.78 is 5.02. The van der Waals surface area contributed by atoms with Gasteiger partial charge in [-0.2, -0.15) is 5.10 Å². The third kappa shape index (κ3) is 4.80. The molecule has 0 bridgehead atoms. The van der Waals surface area contributed by atoms with Crippen LogP contribution in [0.25, 0.3) is 0 Å². The number of nitrogens with one attached hydrogen (secondary N) is 2. The second-order valence-electron chi connectivity index (χ2n) is 3.89. The lowest BCUT2D eigenvalue weighted by Gasteiger charge is -1.96. The predicted molar refractivity (Wildman–Crippen MR) is 77.0 cm³/mol. The Morgan fingerprint density at radius 3 is 3.00 bits per heavy atom. The van der Waals surface area contributed by atoms with Crippen molar-refractivity contribution in [3.05, 3.63) is 29.2 Å². The van der Waals surface area contributed by atoms with Gasteiger partial charge in [0.15, 0.2) is 0 Å². The Labute approximate surface area is 124 Å². The van der Waals surface area contributed by atoms with E-state index in [0.717, 1.165) is 11.3 Å². The van der Waals surface area contributed by atoms with Gasteiger partial charge in [-0.3, -0.25) is 9.59 Å². The number of hydrogen-bond acceptors (Lipinski definition) is 7. The van der Waals surface area contributed by atoms with E-state index in [2.05, 4.69) is 26.0 Å². The highest BCUT2D eigenvalue weighted by Gasteiger charge is 2.10. The Morgan fingerprint density at radius 1 is 1.43 bits per heavy atom. The van der Waals surface area contributed by atoms with E-state index in [1.165, 1.54) is 12.5 Å². The fraction of sp³-hybridized carbons (Fsp3) is 0.250. The second kappa shape index (κ2) is 7.29. The molecule has 0 spiro atoms. The molecule has 0 unspecified atom stereocenters. The van der Waals surface area contributed by atoms with Crippen LogP contribution in [0.3, 0.4) is 0 Å². The van der Waals surface area contributed by atoms with Crippen molar-refractivity contribution in [3.63, 3.8) is 0 Å². The molecule has 0 radical (unpaired) electrons. The summed E-state index contributed by atoms with van der Waals surface area (Å²) in [6.07, 6.45) is 3.30. The molecular weight excluding hydrogens is 294 g/mol. The van der Waals surface area contributed by atoms with Gasteiger partial charge < -0.3 is 9.73 Å². The minimum absolute atomic E-state index is 0.0369. The highest BCUT2D eigenvalue weighted by Crippen LogP contribution is 2.15. The van der Waals surface area contributed by atoms with Gasteiger partial charge in [0.25, 0.3) is 0 Å². The van der Waals surface area contributed by atoms with E-state index in [4.69, 9.17) is 4.42 Å². The molecule has 2 rings (SSSR count). The molecule has 21 heavy (non-hydrogen) atoms. The van der Waals surface area contributed by atoms with Gasteiger partial charge in [-0.05, 0) is 12.1 Å². The van der Waals surface area contributed by atoms with E-state index in [1.54, 1.807) is 19.1 Å². The van der Waals surface area contributed by atoms with Gasteiger partial charge in [-0.25, -0.2) is 5.43 Å². The predicted octanol–water partition coefficient (Wildman–Crippen LogP) is 1.17. The molecule has 0 aromatic carbocycles. The van der Waals surface area contributed by atoms with Crippen LogP contribution in [0.15, 0.2) is 27.9 Å². The lowest BCUT2D eigenvalue weighted by Crippen LogP contribution is -2.19. The summed E-state index contributed by atoms with van der Waals surface area (Å²) in [5.41, 5.74) is 2.35. The van der Waals surface area contributed by atoms with Crippen molar-refractivity contribution in [1.82, 2.24) is 15.6 Å². The van der Waals surface area contributed by atoms with Crippen molar-refractivity contribution in [2.45, 2.75) is 19.8 Å². The topological polar surface area (TPSA) is 109 Å². The summed E-state index contributed by atoms with van der Waals surface area (Å²) in [7, 11) is 0. The maximum Gasteiger partial charge on any atom is 0.247 e. The number of carbonyl (C=O) groups is 2. The minimum atomic E-state index is -0.331. The number of amides is 2. The minimum Gasteiger partial charge on any atom is -0.463 e. The zero-order valence-electron chi connectivity index (χ0n) is 11.2. The lowest BCUT2D eigenvalue weighted by molar-refractivity contribution is -0.120. The molecule has 0 aliphatic rings. The van der Waals surface area contributed by atoms with Crippen molar-refractivity contribution < 1.29 is 14.0 Å². The molecule has 110 valence electrons. The first-order valence-electron chi connectivity index (χ1n) is 6.15. The number of hydrazone groups is 1. The van der Waals surface area contributed by atoms with Crippen molar-refractivity contribution in [3.8, 4) is 0 Å². The van der Waals surface area contributed by atoms with Crippen molar-refractivity contribution in [1.29, 1.82) is 0 Å². The van der Waals surface area contributed by atoms with Gasteiger partial charge in [-0.1, -0.05) is 18.3 Å². The number of nitrogens with zero attached hydrogens (tertiary/aromatic N) is 3. The van der Waals surface area contributed by atoms with Gasteiger partial charge in [0.2, 0.25) is 16.9 Å². The van der Waals surface area contributed by atoms with Crippen LogP contribution in [0.5, 0.6) is 0 Å². The maximum absolute atomic E-state index is 11.6. The molecule has 0 atom stereocenters. The summed E-state index contributed by atoms with van der Waals surface area (Å²) in [5.74, 6) is 0.0586. The highest BCUT2D eigenvalue weighted by atomic mass is 32.1. The average molecular weight is 307 g/mol. The number of hydrogen-bond donors (Lipinski definition) is 2. The molecule has 2 aromatic rings. The Kier molecular flexibility index (Phi) is 5.16. The molecule has 2 heterocycles. The summed E-state index contributed by atoms with van der Waals surface area (Å²) in [6.45, 7) is 1.74. The van der Waals surface area contributed by atoms with E-state index >= 15 is 0 Å². The van der Waals surface area contributed by atoms with Crippen molar-refractivity contribution in [2.24, 2.45) is 5.10 Å². The SMILES string of the molecule is CCC(=O)Nc1nnc(CC(=O)N/N=C\c2ccco2)s1. The summed E-state index contributed by atoms with van der Waals surface area (Å²) >= 11 is 1.15. The molecule has 2 amide bonds. The molecule has 8 nitrogen and oxygen atoms in total. The fourth-order valence-electron chi connectivity index (χ4n) is 1.29. The van der Waals surface area contributed by atoms with Crippen molar-refractivity contribution >= 4 is 34.5 Å². The molecule has 2 aromatic heterocycles.